The molecule has 23 heteroatoms. The minimum Gasteiger partial charge on any atom is -0.493 e. The van der Waals surface area contributed by atoms with E-state index in [0.29, 0.717) is 94.8 Å². The monoisotopic (exact) mass is 1190 g/mol. The first-order valence-electron chi connectivity index (χ1n) is 30.5. The lowest BCUT2D eigenvalue weighted by atomic mass is 9.59. The van der Waals surface area contributed by atoms with Crippen molar-refractivity contribution in [1.29, 1.82) is 0 Å². The van der Waals surface area contributed by atoms with E-state index < -0.39 is 37.5 Å². The number of methoxy groups -OCH3 is 1. The van der Waals surface area contributed by atoms with Crippen LogP contribution in [0, 0.1) is 28.4 Å². The Hall–Kier alpha value is -7.12. The van der Waals surface area contributed by atoms with Crippen molar-refractivity contribution in [3.8, 4) is 11.6 Å². The maximum Gasteiger partial charge on any atom is 0.293 e. The molecule has 0 bridgehead atoms. The number of hydrogen-bond acceptors (Lipinski definition) is 19. The molecule has 1 saturated carbocycles. The Labute approximate surface area is 500 Å². The van der Waals surface area contributed by atoms with Crippen LogP contribution in [0.4, 0.5) is 34.3 Å². The molecule has 7 aliphatic heterocycles. The summed E-state index contributed by atoms with van der Waals surface area (Å²) in [7, 11) is -2.89. The van der Waals surface area contributed by atoms with Gasteiger partial charge < -0.3 is 53.4 Å². The molecule has 454 valence electrons. The Morgan fingerprint density at radius 1 is 0.826 bits per heavy atom. The van der Waals surface area contributed by atoms with Gasteiger partial charge in [-0.3, -0.25) is 24.7 Å². The molecule has 3 aromatic heterocycles. The quantitative estimate of drug-likeness (QED) is 0.0692. The molecule has 3 N–H and O–H groups in total. The molecule has 1 aliphatic carbocycles. The molecule has 3 aromatic carbocycles. The molecule has 4 atom stereocenters. The molecule has 8 aliphatic rings. The molecule has 5 saturated heterocycles. The number of nitrogens with one attached hydrogen (secondary N) is 3. The van der Waals surface area contributed by atoms with E-state index in [-0.39, 0.29) is 40.7 Å². The number of benzene rings is 3. The maximum absolute atomic E-state index is 14.9. The van der Waals surface area contributed by atoms with Gasteiger partial charge in [0.1, 0.15) is 23.1 Å². The van der Waals surface area contributed by atoms with Crippen LogP contribution in [0.5, 0.6) is 11.6 Å². The third-order valence-electron chi connectivity index (χ3n) is 19.6. The number of nitrogens with zero attached hydrogens (tertiary/aromatic N) is 8. The van der Waals surface area contributed by atoms with Crippen LogP contribution < -0.4 is 34.2 Å². The van der Waals surface area contributed by atoms with Gasteiger partial charge in [-0.15, -0.1) is 0 Å². The summed E-state index contributed by atoms with van der Waals surface area (Å²) in [5.74, 6) is 1.40. The number of fused-ring (bicyclic) bond motifs is 4. The number of aromatic amines is 1. The number of sulfonamides is 1. The number of aryl methyl sites for hydroxylation is 1. The zero-order chi connectivity index (χ0) is 58.7. The SMILES string of the molecule is COc1cc2c(nc1N1CCOCC1)COC[C@H]2N1CCN(C2CC3(CCN(c4ccc(C(=O)NS(=O)(=O)c5ccc(NCC6CCOCC6)c([N+](=O)[O-])c5)c(N5c6cc7cc[nH]c7nc6O[C@H]6COCC[C@@H]65)c4)CC3)C2)[C@H](c2ccccc2C)C1. The number of rotatable bonds is 14. The van der Waals surface area contributed by atoms with Gasteiger partial charge in [-0.1, -0.05) is 24.3 Å². The lowest BCUT2D eigenvalue weighted by Crippen LogP contribution is -2.60. The summed E-state index contributed by atoms with van der Waals surface area (Å²) in [4.78, 5) is 51.7. The number of carbonyl (C=O) groups excluding carboxylic acids is 1. The molecular formula is C63H75N11O11S. The minimum absolute atomic E-state index is 0.0501. The molecule has 14 rings (SSSR count). The average Bonchev–Trinajstić information content (AvgIpc) is 1.29. The third kappa shape index (κ3) is 10.9. The molecular weight excluding hydrogens is 1120 g/mol. The van der Waals surface area contributed by atoms with E-state index in [1.807, 2.05) is 30.5 Å². The topological polar surface area (TPSA) is 232 Å². The molecule has 6 aromatic rings. The van der Waals surface area contributed by atoms with Crippen LogP contribution in [0.15, 0.2) is 90.0 Å². The number of nitro benzene ring substituents is 1. The molecule has 86 heavy (non-hydrogen) atoms. The van der Waals surface area contributed by atoms with Crippen LogP contribution in [0.1, 0.15) is 89.8 Å². The van der Waals surface area contributed by atoms with Crippen LogP contribution >= 0.6 is 0 Å². The van der Waals surface area contributed by atoms with Gasteiger partial charge in [0.15, 0.2) is 11.6 Å². The van der Waals surface area contributed by atoms with E-state index in [1.165, 1.54) is 28.8 Å². The van der Waals surface area contributed by atoms with Gasteiger partial charge in [-0.25, -0.2) is 18.1 Å². The summed E-state index contributed by atoms with van der Waals surface area (Å²) in [6, 6.07) is 24.7. The van der Waals surface area contributed by atoms with Gasteiger partial charge in [-0.05, 0) is 128 Å². The summed E-state index contributed by atoms with van der Waals surface area (Å²) in [5.41, 5.74) is 7.60. The third-order valence-corrected chi connectivity index (χ3v) is 21.0. The number of aromatic nitrogens is 3. The lowest BCUT2D eigenvalue weighted by molar-refractivity contribution is -0.384. The van der Waals surface area contributed by atoms with E-state index in [4.69, 9.17) is 38.4 Å². The lowest BCUT2D eigenvalue weighted by Gasteiger charge is -2.59. The molecule has 0 radical (unpaired) electrons. The normalized spacial score (nSPS) is 23.9. The van der Waals surface area contributed by atoms with E-state index in [9.17, 15) is 23.3 Å². The van der Waals surface area contributed by atoms with Gasteiger partial charge in [-0.2, -0.15) is 4.98 Å². The Bertz CT molecular complexity index is 3630. The summed E-state index contributed by atoms with van der Waals surface area (Å²) < 4.78 is 66.9. The fourth-order valence-electron chi connectivity index (χ4n) is 14.8. The molecule has 22 nitrogen and oxygen atoms in total. The van der Waals surface area contributed by atoms with Gasteiger partial charge >= 0.3 is 0 Å². The predicted octanol–water partition coefficient (Wildman–Crippen LogP) is 8.04. The number of nitro groups is 1. The maximum atomic E-state index is 14.9. The van der Waals surface area contributed by atoms with Gasteiger partial charge in [0.05, 0.1) is 79.0 Å². The van der Waals surface area contributed by atoms with Crippen molar-refractivity contribution in [2.75, 3.05) is 126 Å². The Morgan fingerprint density at radius 3 is 2.43 bits per heavy atom. The molecule has 1 amide bonds. The van der Waals surface area contributed by atoms with Crippen molar-refractivity contribution >= 4 is 61.2 Å². The van der Waals surface area contributed by atoms with E-state index >= 15 is 0 Å². The fraction of sp³-hybridized carbons (Fsp3) is 0.508. The van der Waals surface area contributed by atoms with Crippen molar-refractivity contribution in [3.63, 3.8) is 0 Å². The summed E-state index contributed by atoms with van der Waals surface area (Å²) in [5, 5.41) is 16.4. The Balaban J connectivity index is 0.713. The van der Waals surface area contributed by atoms with E-state index in [2.05, 4.69) is 76.8 Å². The first kappa shape index (κ1) is 56.7. The molecule has 0 unspecified atom stereocenters. The highest BCUT2D eigenvalue weighted by molar-refractivity contribution is 7.90. The number of piperazine rings is 1. The van der Waals surface area contributed by atoms with Crippen LogP contribution in [-0.2, 0) is 35.6 Å². The number of piperidine rings is 1. The second kappa shape index (κ2) is 23.5. The summed E-state index contributed by atoms with van der Waals surface area (Å²) >= 11 is 0. The number of pyridine rings is 2. The van der Waals surface area contributed by atoms with E-state index in [0.717, 1.165) is 119 Å². The number of H-pyrrole nitrogens is 1. The Kier molecular flexibility index (Phi) is 15.5. The van der Waals surface area contributed by atoms with Gasteiger partial charge in [0.2, 0.25) is 5.88 Å². The summed E-state index contributed by atoms with van der Waals surface area (Å²) in [6.07, 6.45) is 7.79. The van der Waals surface area contributed by atoms with Crippen LogP contribution in [0.2, 0.25) is 0 Å². The smallest absolute Gasteiger partial charge is 0.293 e. The Morgan fingerprint density at radius 2 is 1.63 bits per heavy atom. The van der Waals surface area contributed by atoms with Crippen LogP contribution in [0.25, 0.3) is 11.0 Å². The first-order valence-corrected chi connectivity index (χ1v) is 32.0. The van der Waals surface area contributed by atoms with Crippen molar-refractivity contribution in [3.05, 3.63) is 123 Å². The van der Waals surface area contributed by atoms with Crippen molar-refractivity contribution in [2.45, 2.75) is 93.6 Å². The van der Waals surface area contributed by atoms with Crippen LogP contribution in [0.3, 0.4) is 0 Å². The van der Waals surface area contributed by atoms with Crippen molar-refractivity contribution in [1.82, 2.24) is 29.5 Å². The van der Waals surface area contributed by atoms with Crippen molar-refractivity contribution in [2.24, 2.45) is 11.3 Å². The number of ether oxygens (including phenoxy) is 6. The first-order chi connectivity index (χ1) is 41.9. The fourth-order valence-corrected chi connectivity index (χ4v) is 15.8. The molecule has 6 fully saturated rings. The van der Waals surface area contributed by atoms with Crippen molar-refractivity contribution < 1.29 is 46.6 Å². The highest BCUT2D eigenvalue weighted by Crippen LogP contribution is 2.54. The van der Waals surface area contributed by atoms with Crippen LogP contribution in [-0.4, -0.2) is 168 Å². The zero-order valence-corrected chi connectivity index (χ0v) is 49.6. The second-order valence-corrected chi connectivity index (χ2v) is 26.2. The highest BCUT2D eigenvalue weighted by atomic mass is 32.2. The minimum atomic E-state index is -4.63. The number of anilines is 5. The van der Waals surface area contributed by atoms with Gasteiger partial charge in [0.25, 0.3) is 21.6 Å². The number of amides is 1. The number of carbonyl (C=O) groups is 1. The predicted molar refractivity (Wildman–Crippen MR) is 323 cm³/mol. The van der Waals surface area contributed by atoms with E-state index in [1.54, 1.807) is 13.2 Å². The number of morpholine rings is 1. The molecule has 10 heterocycles. The zero-order valence-electron chi connectivity index (χ0n) is 48.8. The molecule has 1 spiro atoms. The number of hydrogen-bond donors (Lipinski definition) is 3. The van der Waals surface area contributed by atoms with Gasteiger partial charge in [0, 0.05) is 108 Å². The highest BCUT2D eigenvalue weighted by Gasteiger charge is 2.51. The standard InChI is InChI=1S/C63H75N11O11S/c1-40-5-3-4-6-46(40)55-36-71(56-38-84-37-50-48(56)32-57(80-2)60(66-50)70-22-27-82-28-23-70)20-21-72(55)44-33-63(34-44)15-18-69(19-16-63)43-7-9-47(52(30-43)73-51-14-26-83-39-58(51)85-62-54(73)29-42-11-17-64-59(42)67-62)61(75)68-86(78,79)45-8-10-49(53(31-45)74(76)77)65-35-41-12-24-81-25-13-41/h3-11,17,29-32,41,44,51,55-56,58,65H,12-16,18-28,33-39H2,1-2H3,(H,64,67)(H,68,75)/t51-,55-,56+,58-/m0/s1. The summed E-state index contributed by atoms with van der Waals surface area (Å²) in [6.45, 7) is 13.0. The second-order valence-electron chi connectivity index (χ2n) is 24.5. The average molecular weight is 1190 g/mol. The largest absolute Gasteiger partial charge is 0.493 e.